The zero-order chi connectivity index (χ0) is 17.5. The summed E-state index contributed by atoms with van der Waals surface area (Å²) in [7, 11) is 1.58. The summed E-state index contributed by atoms with van der Waals surface area (Å²) < 4.78 is 5.24. The van der Waals surface area contributed by atoms with Crippen LogP contribution in [0.2, 0.25) is 0 Å². The second-order valence-electron chi connectivity index (χ2n) is 6.23. The number of hydrogen-bond donors (Lipinski definition) is 2. The van der Waals surface area contributed by atoms with Gasteiger partial charge in [0.25, 0.3) is 0 Å². The van der Waals surface area contributed by atoms with Crippen molar-refractivity contribution in [2.75, 3.05) is 35.7 Å². The fourth-order valence-corrected chi connectivity index (χ4v) is 3.12. The maximum absolute atomic E-state index is 12.2. The number of hydrogen-bond acceptors (Lipinski definition) is 3. The number of methoxy groups -OCH3 is 1. The summed E-state index contributed by atoms with van der Waals surface area (Å²) in [5.74, 6) is 0.633. The number of amides is 2. The van der Waals surface area contributed by atoms with Gasteiger partial charge < -0.3 is 20.3 Å². The Bertz CT molecular complexity index is 692. The first-order valence-corrected chi connectivity index (χ1v) is 8.82. The Morgan fingerprint density at radius 2 is 1.60 bits per heavy atom. The quantitative estimate of drug-likeness (QED) is 0.847. The zero-order valence-corrected chi connectivity index (χ0v) is 14.6. The molecule has 1 aliphatic heterocycles. The van der Waals surface area contributed by atoms with Gasteiger partial charge in [-0.2, -0.15) is 0 Å². The van der Waals surface area contributed by atoms with E-state index in [-0.39, 0.29) is 6.03 Å². The highest BCUT2D eigenvalue weighted by atomic mass is 16.5. The second-order valence-corrected chi connectivity index (χ2v) is 6.23. The molecule has 3 rings (SSSR count). The third kappa shape index (κ3) is 4.66. The molecule has 0 radical (unpaired) electrons. The minimum atomic E-state index is -0.285. The van der Waals surface area contributed by atoms with E-state index in [1.54, 1.807) is 13.2 Å². The molecule has 0 atom stereocenters. The van der Waals surface area contributed by atoms with Gasteiger partial charge in [0.05, 0.1) is 12.8 Å². The molecule has 1 aliphatic rings. The molecule has 2 aromatic carbocycles. The van der Waals surface area contributed by atoms with Crippen molar-refractivity contribution in [3.8, 4) is 5.75 Å². The van der Waals surface area contributed by atoms with E-state index >= 15 is 0 Å². The van der Waals surface area contributed by atoms with Crippen LogP contribution in [0.1, 0.15) is 25.7 Å². The average molecular weight is 339 g/mol. The smallest absolute Gasteiger partial charge is 0.323 e. The maximum atomic E-state index is 12.2. The van der Waals surface area contributed by atoms with Crippen molar-refractivity contribution in [1.82, 2.24) is 0 Å². The van der Waals surface area contributed by atoms with E-state index in [0.717, 1.165) is 18.8 Å². The molecule has 0 aromatic heterocycles. The summed E-state index contributed by atoms with van der Waals surface area (Å²) in [6.45, 7) is 2.22. The Morgan fingerprint density at radius 3 is 2.28 bits per heavy atom. The van der Waals surface area contributed by atoms with Crippen molar-refractivity contribution in [3.63, 3.8) is 0 Å². The van der Waals surface area contributed by atoms with Gasteiger partial charge in [-0.3, -0.25) is 0 Å². The number of benzene rings is 2. The van der Waals surface area contributed by atoms with Gasteiger partial charge >= 0.3 is 6.03 Å². The lowest BCUT2D eigenvalue weighted by molar-refractivity contribution is 0.262. The Labute approximate surface area is 149 Å². The van der Waals surface area contributed by atoms with Gasteiger partial charge in [0.2, 0.25) is 0 Å². The summed E-state index contributed by atoms with van der Waals surface area (Å²) in [4.78, 5) is 14.6. The molecule has 2 N–H and O–H groups in total. The van der Waals surface area contributed by atoms with E-state index in [0.29, 0.717) is 11.4 Å². The summed E-state index contributed by atoms with van der Waals surface area (Å²) >= 11 is 0. The number of nitrogens with one attached hydrogen (secondary N) is 2. The molecule has 5 heteroatoms. The number of carbonyl (C=O) groups excluding carboxylic acids is 1. The van der Waals surface area contributed by atoms with E-state index in [1.165, 1.54) is 31.4 Å². The minimum Gasteiger partial charge on any atom is -0.495 e. The molecule has 1 saturated heterocycles. The Balaban J connectivity index is 1.60. The molecule has 2 aromatic rings. The summed E-state index contributed by atoms with van der Waals surface area (Å²) in [6, 6.07) is 15.1. The van der Waals surface area contributed by atoms with Crippen LogP contribution in [0.3, 0.4) is 0 Å². The fourth-order valence-electron chi connectivity index (χ4n) is 3.12. The van der Waals surface area contributed by atoms with Crippen LogP contribution in [0, 0.1) is 0 Å². The number of rotatable bonds is 4. The van der Waals surface area contributed by atoms with Gasteiger partial charge in [-0.15, -0.1) is 0 Å². The molecular weight excluding hydrogens is 314 g/mol. The predicted octanol–water partition coefficient (Wildman–Crippen LogP) is 4.72. The van der Waals surface area contributed by atoms with Crippen LogP contribution in [-0.2, 0) is 0 Å². The van der Waals surface area contributed by atoms with Crippen LogP contribution in [-0.4, -0.2) is 26.2 Å². The van der Waals surface area contributed by atoms with Gasteiger partial charge in [-0.1, -0.05) is 25.0 Å². The van der Waals surface area contributed by atoms with Gasteiger partial charge in [-0.05, 0) is 49.2 Å². The number of urea groups is 1. The van der Waals surface area contributed by atoms with Crippen molar-refractivity contribution in [3.05, 3.63) is 48.5 Å². The molecule has 1 heterocycles. The van der Waals surface area contributed by atoms with Crippen LogP contribution in [0.5, 0.6) is 5.75 Å². The van der Waals surface area contributed by atoms with Crippen molar-refractivity contribution in [2.24, 2.45) is 0 Å². The van der Waals surface area contributed by atoms with Gasteiger partial charge in [0.1, 0.15) is 5.75 Å². The SMILES string of the molecule is COc1ccccc1NC(=O)Nc1ccc(N2CCCCCC2)cc1. The number of ether oxygens (including phenoxy) is 1. The summed E-state index contributed by atoms with van der Waals surface area (Å²) in [5, 5.41) is 5.67. The lowest BCUT2D eigenvalue weighted by atomic mass is 10.2. The highest BCUT2D eigenvalue weighted by molar-refractivity contribution is 6.00. The zero-order valence-electron chi connectivity index (χ0n) is 14.6. The second kappa shape index (κ2) is 8.42. The first kappa shape index (κ1) is 17.1. The number of carbonyl (C=O) groups is 1. The number of para-hydroxylation sites is 2. The molecule has 2 amide bonds. The first-order chi connectivity index (χ1) is 12.3. The summed E-state index contributed by atoms with van der Waals surface area (Å²) in [6.07, 6.45) is 5.14. The van der Waals surface area contributed by atoms with Crippen LogP contribution >= 0.6 is 0 Å². The lowest BCUT2D eigenvalue weighted by Crippen LogP contribution is -2.24. The molecule has 0 unspecified atom stereocenters. The monoisotopic (exact) mass is 339 g/mol. The normalized spacial score (nSPS) is 14.5. The molecule has 0 bridgehead atoms. The largest absolute Gasteiger partial charge is 0.495 e. The minimum absolute atomic E-state index is 0.285. The molecule has 1 fully saturated rings. The van der Waals surface area contributed by atoms with Crippen molar-refractivity contribution in [1.29, 1.82) is 0 Å². The van der Waals surface area contributed by atoms with Gasteiger partial charge in [0, 0.05) is 24.5 Å². The van der Waals surface area contributed by atoms with Crippen LogP contribution < -0.4 is 20.3 Å². The van der Waals surface area contributed by atoms with Gasteiger partial charge in [-0.25, -0.2) is 4.79 Å². The highest BCUT2D eigenvalue weighted by Crippen LogP contribution is 2.24. The number of anilines is 3. The Hall–Kier alpha value is -2.69. The first-order valence-electron chi connectivity index (χ1n) is 8.82. The third-order valence-electron chi connectivity index (χ3n) is 4.45. The molecule has 25 heavy (non-hydrogen) atoms. The van der Waals surface area contributed by atoms with E-state index < -0.39 is 0 Å². The van der Waals surface area contributed by atoms with E-state index in [4.69, 9.17) is 4.74 Å². The molecule has 132 valence electrons. The van der Waals surface area contributed by atoms with E-state index in [2.05, 4.69) is 27.7 Å². The lowest BCUT2D eigenvalue weighted by Gasteiger charge is -2.22. The maximum Gasteiger partial charge on any atom is 0.323 e. The molecule has 0 saturated carbocycles. The van der Waals surface area contributed by atoms with Crippen molar-refractivity contribution in [2.45, 2.75) is 25.7 Å². The van der Waals surface area contributed by atoms with Crippen LogP contribution in [0.15, 0.2) is 48.5 Å². The van der Waals surface area contributed by atoms with Crippen molar-refractivity contribution >= 4 is 23.1 Å². The van der Waals surface area contributed by atoms with Crippen LogP contribution in [0.25, 0.3) is 0 Å². The standard InChI is InChI=1S/C20H25N3O2/c1-25-19-9-5-4-8-18(19)22-20(24)21-16-10-12-17(13-11-16)23-14-6-2-3-7-15-23/h4-5,8-13H,2-3,6-7,14-15H2,1H3,(H2,21,22,24). The van der Waals surface area contributed by atoms with E-state index in [1.807, 2.05) is 30.3 Å². The van der Waals surface area contributed by atoms with E-state index in [9.17, 15) is 4.79 Å². The Kier molecular flexibility index (Phi) is 5.77. The van der Waals surface area contributed by atoms with Crippen molar-refractivity contribution < 1.29 is 9.53 Å². The van der Waals surface area contributed by atoms with Crippen LogP contribution in [0.4, 0.5) is 21.9 Å². The molecule has 0 aliphatic carbocycles. The Morgan fingerprint density at radius 1 is 0.920 bits per heavy atom. The number of nitrogens with zero attached hydrogens (tertiary/aromatic N) is 1. The molecule has 5 nitrogen and oxygen atoms in total. The fraction of sp³-hybridized carbons (Fsp3) is 0.350. The predicted molar refractivity (Wildman–Crippen MR) is 103 cm³/mol. The molecule has 0 spiro atoms. The average Bonchev–Trinajstić information content (AvgIpc) is 2.92. The van der Waals surface area contributed by atoms with Gasteiger partial charge in [0.15, 0.2) is 0 Å². The highest BCUT2D eigenvalue weighted by Gasteiger charge is 2.10. The molecular formula is C20H25N3O2. The topological polar surface area (TPSA) is 53.6 Å². The third-order valence-corrected chi connectivity index (χ3v) is 4.45. The summed E-state index contributed by atoms with van der Waals surface area (Å²) in [5.41, 5.74) is 2.63.